The van der Waals surface area contributed by atoms with E-state index in [0.717, 1.165) is 16.8 Å². The van der Waals surface area contributed by atoms with Crippen molar-refractivity contribution in [3.63, 3.8) is 0 Å². The number of rotatable bonds is 3. The molecule has 0 spiro atoms. The lowest BCUT2D eigenvalue weighted by molar-refractivity contribution is 0.738. The van der Waals surface area contributed by atoms with Crippen molar-refractivity contribution < 1.29 is 0 Å². The lowest BCUT2D eigenvalue weighted by Crippen LogP contribution is -2.24. The van der Waals surface area contributed by atoms with Gasteiger partial charge in [-0.05, 0) is 36.2 Å². The smallest absolute Gasteiger partial charge is 0.350 e. The third kappa shape index (κ3) is 2.63. The summed E-state index contributed by atoms with van der Waals surface area (Å²) in [5, 5.41) is 4.63. The summed E-state index contributed by atoms with van der Waals surface area (Å²) in [7, 11) is 0. The minimum absolute atomic E-state index is 0.234. The minimum Gasteiger partial charge on any atom is -0.399 e. The number of hydrogen-bond donors (Lipinski definition) is 1. The van der Waals surface area contributed by atoms with Gasteiger partial charge in [-0.3, -0.25) is 4.57 Å². The highest BCUT2D eigenvalue weighted by atomic mass is 35.5. The molecule has 3 rings (SSSR count). The Kier molecular flexibility index (Phi) is 3.73. The van der Waals surface area contributed by atoms with Crippen LogP contribution in [0.15, 0.2) is 53.6 Å². The topological polar surface area (TPSA) is 65.8 Å². The molecule has 0 unspecified atom stereocenters. The number of nitrogens with two attached hydrogens (primary N) is 1. The lowest BCUT2D eigenvalue weighted by Gasteiger charge is -2.05. The number of hydrogen-bond acceptors (Lipinski definition) is 3. The molecule has 0 radical (unpaired) electrons. The fourth-order valence-electron chi connectivity index (χ4n) is 2.26. The molecule has 0 fully saturated rings. The quantitative estimate of drug-likeness (QED) is 0.756. The molecule has 1 aromatic heterocycles. The van der Waals surface area contributed by atoms with Gasteiger partial charge in [0.25, 0.3) is 0 Å². The Bertz CT molecular complexity index is 882. The van der Waals surface area contributed by atoms with E-state index >= 15 is 0 Å². The van der Waals surface area contributed by atoms with Gasteiger partial charge in [0.2, 0.25) is 0 Å². The van der Waals surface area contributed by atoms with E-state index < -0.39 is 0 Å². The van der Waals surface area contributed by atoms with E-state index in [2.05, 4.69) is 5.10 Å². The highest BCUT2D eigenvalue weighted by molar-refractivity contribution is 6.32. The molecule has 0 aliphatic carbocycles. The van der Waals surface area contributed by atoms with E-state index in [1.54, 1.807) is 12.1 Å². The molecule has 112 valence electrons. The van der Waals surface area contributed by atoms with Crippen LogP contribution in [0.3, 0.4) is 0 Å². The zero-order chi connectivity index (χ0) is 15.7. The van der Waals surface area contributed by atoms with Crippen LogP contribution >= 0.6 is 11.6 Å². The standard InChI is InChI=1S/C16H15ClN4O/c1-11-8-12(6-7-14(11)18)9-20-10-19-21(16(20)22)15-5-3-2-4-13(15)17/h2-8,10H,9,18H2,1H3. The summed E-state index contributed by atoms with van der Waals surface area (Å²) in [5.41, 5.74) is 8.87. The molecule has 3 aromatic rings. The second-order valence-electron chi connectivity index (χ2n) is 5.10. The fourth-order valence-corrected chi connectivity index (χ4v) is 2.48. The predicted molar refractivity (Wildman–Crippen MR) is 87.5 cm³/mol. The van der Waals surface area contributed by atoms with E-state index in [1.165, 1.54) is 15.6 Å². The maximum absolute atomic E-state index is 12.5. The van der Waals surface area contributed by atoms with Gasteiger partial charge in [-0.2, -0.15) is 9.78 Å². The molecule has 0 aliphatic rings. The van der Waals surface area contributed by atoms with Crippen LogP contribution in [0.2, 0.25) is 5.02 Å². The molecule has 5 nitrogen and oxygen atoms in total. The average molecular weight is 315 g/mol. The molecular formula is C16H15ClN4O. The number of benzene rings is 2. The SMILES string of the molecule is Cc1cc(Cn2cnn(-c3ccccc3Cl)c2=O)ccc1N. The first-order chi connectivity index (χ1) is 10.6. The molecule has 22 heavy (non-hydrogen) atoms. The average Bonchev–Trinajstić information content (AvgIpc) is 2.85. The first-order valence-electron chi connectivity index (χ1n) is 6.80. The van der Waals surface area contributed by atoms with Gasteiger partial charge in [-0.15, -0.1) is 0 Å². The van der Waals surface area contributed by atoms with Gasteiger partial charge >= 0.3 is 5.69 Å². The van der Waals surface area contributed by atoms with Crippen LogP contribution in [-0.4, -0.2) is 14.3 Å². The van der Waals surface area contributed by atoms with Gasteiger partial charge < -0.3 is 5.73 Å². The summed E-state index contributed by atoms with van der Waals surface area (Å²) in [6.07, 6.45) is 1.51. The second-order valence-corrected chi connectivity index (χ2v) is 5.50. The number of nitrogens with zero attached hydrogens (tertiary/aromatic N) is 3. The first kappa shape index (κ1) is 14.4. The Balaban J connectivity index is 1.96. The minimum atomic E-state index is -0.234. The maximum Gasteiger partial charge on any atom is 0.350 e. The van der Waals surface area contributed by atoms with Crippen LogP contribution in [0.1, 0.15) is 11.1 Å². The fraction of sp³-hybridized carbons (Fsp3) is 0.125. The van der Waals surface area contributed by atoms with Crippen molar-refractivity contribution in [3.8, 4) is 5.69 Å². The molecular weight excluding hydrogens is 300 g/mol. The highest BCUT2D eigenvalue weighted by Crippen LogP contribution is 2.17. The molecule has 6 heteroatoms. The molecule has 0 saturated heterocycles. The highest BCUT2D eigenvalue weighted by Gasteiger charge is 2.10. The first-order valence-corrected chi connectivity index (χ1v) is 7.18. The van der Waals surface area contributed by atoms with Crippen molar-refractivity contribution in [1.82, 2.24) is 14.3 Å². The van der Waals surface area contributed by atoms with E-state index in [0.29, 0.717) is 17.3 Å². The Hall–Kier alpha value is -2.53. The monoisotopic (exact) mass is 314 g/mol. The van der Waals surface area contributed by atoms with Gasteiger partial charge in [-0.25, -0.2) is 4.79 Å². The maximum atomic E-state index is 12.5. The van der Waals surface area contributed by atoms with Crippen molar-refractivity contribution in [2.45, 2.75) is 13.5 Å². The van der Waals surface area contributed by atoms with Gasteiger partial charge in [0.05, 0.1) is 17.3 Å². The summed E-state index contributed by atoms with van der Waals surface area (Å²) in [5.74, 6) is 0. The van der Waals surface area contributed by atoms with E-state index in [-0.39, 0.29) is 5.69 Å². The van der Waals surface area contributed by atoms with Gasteiger partial charge in [0, 0.05) is 5.69 Å². The molecule has 0 saturated carbocycles. The Morgan fingerprint density at radius 3 is 2.73 bits per heavy atom. The van der Waals surface area contributed by atoms with E-state index in [1.807, 2.05) is 37.3 Å². The summed E-state index contributed by atoms with van der Waals surface area (Å²) < 4.78 is 2.83. The Morgan fingerprint density at radius 2 is 2.00 bits per heavy atom. The van der Waals surface area contributed by atoms with Crippen LogP contribution in [0, 0.1) is 6.92 Å². The third-order valence-corrected chi connectivity index (χ3v) is 3.82. The number of aromatic nitrogens is 3. The second kappa shape index (κ2) is 5.69. The van der Waals surface area contributed by atoms with Gasteiger partial charge in [-0.1, -0.05) is 35.9 Å². The number of para-hydroxylation sites is 1. The summed E-state index contributed by atoms with van der Waals surface area (Å²) in [6.45, 7) is 2.37. The summed E-state index contributed by atoms with van der Waals surface area (Å²) >= 11 is 6.12. The molecule has 2 N–H and O–H groups in total. The van der Waals surface area contributed by atoms with Crippen LogP contribution in [0.25, 0.3) is 5.69 Å². The molecule has 0 atom stereocenters. The van der Waals surface area contributed by atoms with Crippen molar-refractivity contribution in [2.75, 3.05) is 5.73 Å². The number of anilines is 1. The number of nitrogen functional groups attached to an aromatic ring is 1. The summed E-state index contributed by atoms with van der Waals surface area (Å²) in [4.78, 5) is 12.5. The number of halogens is 1. The molecule has 0 aliphatic heterocycles. The Labute approximate surface area is 132 Å². The lowest BCUT2D eigenvalue weighted by atomic mass is 10.1. The third-order valence-electron chi connectivity index (χ3n) is 3.50. The van der Waals surface area contributed by atoms with Crippen molar-refractivity contribution in [3.05, 3.63) is 75.4 Å². The van der Waals surface area contributed by atoms with Crippen LogP contribution in [0.5, 0.6) is 0 Å². The predicted octanol–water partition coefficient (Wildman–Crippen LogP) is 2.63. The number of aryl methyl sites for hydroxylation is 1. The molecule has 1 heterocycles. The van der Waals surface area contributed by atoms with Gasteiger partial charge in [0.15, 0.2) is 0 Å². The zero-order valence-corrected chi connectivity index (χ0v) is 12.8. The van der Waals surface area contributed by atoms with Crippen LogP contribution in [0.4, 0.5) is 5.69 Å². The van der Waals surface area contributed by atoms with Gasteiger partial charge in [0.1, 0.15) is 6.33 Å². The van der Waals surface area contributed by atoms with Crippen molar-refractivity contribution in [1.29, 1.82) is 0 Å². The normalized spacial score (nSPS) is 10.8. The van der Waals surface area contributed by atoms with E-state index in [4.69, 9.17) is 17.3 Å². The van der Waals surface area contributed by atoms with Crippen LogP contribution in [-0.2, 0) is 6.54 Å². The summed E-state index contributed by atoms with van der Waals surface area (Å²) in [6, 6.07) is 12.8. The zero-order valence-electron chi connectivity index (χ0n) is 12.0. The van der Waals surface area contributed by atoms with E-state index in [9.17, 15) is 4.79 Å². The van der Waals surface area contributed by atoms with Crippen molar-refractivity contribution >= 4 is 17.3 Å². The largest absolute Gasteiger partial charge is 0.399 e. The molecule has 0 bridgehead atoms. The van der Waals surface area contributed by atoms with Crippen LogP contribution < -0.4 is 11.4 Å². The Morgan fingerprint density at radius 1 is 1.23 bits per heavy atom. The molecule has 2 aromatic carbocycles. The van der Waals surface area contributed by atoms with Crippen molar-refractivity contribution in [2.24, 2.45) is 0 Å². The molecule has 0 amide bonds.